The van der Waals surface area contributed by atoms with Crippen molar-refractivity contribution in [3.63, 3.8) is 0 Å². The van der Waals surface area contributed by atoms with Gasteiger partial charge in [0, 0.05) is 18.7 Å². The van der Waals surface area contributed by atoms with Crippen molar-refractivity contribution in [3.05, 3.63) is 42.5 Å². The van der Waals surface area contributed by atoms with Crippen LogP contribution in [0.15, 0.2) is 47.4 Å². The minimum Gasteiger partial charge on any atom is -0.494 e. The Kier molecular flexibility index (Phi) is 6.46. The van der Waals surface area contributed by atoms with Gasteiger partial charge in [-0.1, -0.05) is 0 Å². The molecule has 0 bridgehead atoms. The molecule has 0 saturated heterocycles. The van der Waals surface area contributed by atoms with Gasteiger partial charge >= 0.3 is 10.1 Å². The minimum atomic E-state index is -4.14. The number of amides is 1. The molecule has 26 heavy (non-hydrogen) atoms. The molecule has 0 unspecified atom stereocenters. The molecule has 0 spiro atoms. The van der Waals surface area contributed by atoms with Gasteiger partial charge in [0.05, 0.1) is 13.2 Å². The van der Waals surface area contributed by atoms with E-state index in [4.69, 9.17) is 13.7 Å². The Morgan fingerprint density at radius 2 is 1.58 bits per heavy atom. The van der Waals surface area contributed by atoms with Gasteiger partial charge in [-0.3, -0.25) is 4.79 Å². The van der Waals surface area contributed by atoms with E-state index in [2.05, 4.69) is 5.32 Å². The maximum Gasteiger partial charge on any atom is 0.343 e. The first kappa shape index (κ1) is 19.6. The third-order valence-corrected chi connectivity index (χ3v) is 4.45. The smallest absolute Gasteiger partial charge is 0.343 e. The van der Waals surface area contributed by atoms with Gasteiger partial charge < -0.3 is 19.0 Å². The van der Waals surface area contributed by atoms with E-state index in [1.807, 2.05) is 0 Å². The molecule has 1 amide bonds. The zero-order chi connectivity index (χ0) is 19.2. The van der Waals surface area contributed by atoms with E-state index < -0.39 is 10.1 Å². The molecule has 0 aliphatic heterocycles. The fourth-order valence-electron chi connectivity index (χ4n) is 2.18. The number of hydrogen-bond acceptors (Lipinski definition) is 6. The van der Waals surface area contributed by atoms with Gasteiger partial charge in [-0.05, 0) is 50.2 Å². The second-order valence-electron chi connectivity index (χ2n) is 5.22. The van der Waals surface area contributed by atoms with Crippen molar-refractivity contribution in [3.8, 4) is 17.2 Å². The summed E-state index contributed by atoms with van der Waals surface area (Å²) < 4.78 is 41.3. The van der Waals surface area contributed by atoms with Gasteiger partial charge in [-0.25, -0.2) is 0 Å². The first-order valence-electron chi connectivity index (χ1n) is 8.07. The fraction of sp³-hybridized carbons (Fsp3) is 0.278. The van der Waals surface area contributed by atoms with Crippen LogP contribution in [-0.2, 0) is 14.9 Å². The average Bonchev–Trinajstić information content (AvgIpc) is 2.58. The summed E-state index contributed by atoms with van der Waals surface area (Å²) in [4.78, 5) is 10.9. The van der Waals surface area contributed by atoms with E-state index in [1.165, 1.54) is 31.2 Å². The first-order valence-corrected chi connectivity index (χ1v) is 9.48. The van der Waals surface area contributed by atoms with E-state index >= 15 is 0 Å². The molecule has 8 heteroatoms. The topological polar surface area (TPSA) is 90.9 Å². The van der Waals surface area contributed by atoms with Crippen LogP contribution in [0.4, 0.5) is 5.69 Å². The number of nitrogens with one attached hydrogen (secondary N) is 1. The summed E-state index contributed by atoms with van der Waals surface area (Å²) in [6.45, 7) is 5.66. The van der Waals surface area contributed by atoms with E-state index in [0.29, 0.717) is 24.7 Å². The lowest BCUT2D eigenvalue weighted by molar-refractivity contribution is -0.114. The van der Waals surface area contributed by atoms with Crippen molar-refractivity contribution in [1.29, 1.82) is 0 Å². The lowest BCUT2D eigenvalue weighted by Crippen LogP contribution is -2.12. The van der Waals surface area contributed by atoms with Crippen LogP contribution in [0, 0.1) is 0 Å². The number of carbonyl (C=O) groups is 1. The van der Waals surface area contributed by atoms with Crippen molar-refractivity contribution in [2.75, 3.05) is 18.5 Å². The second-order valence-corrected chi connectivity index (χ2v) is 6.73. The summed E-state index contributed by atoms with van der Waals surface area (Å²) in [5, 5.41) is 2.59. The molecule has 0 atom stereocenters. The molecule has 0 aliphatic rings. The van der Waals surface area contributed by atoms with Crippen LogP contribution in [0.5, 0.6) is 17.2 Å². The van der Waals surface area contributed by atoms with Crippen molar-refractivity contribution in [2.24, 2.45) is 0 Å². The number of ether oxygens (including phenoxy) is 2. The Morgan fingerprint density at radius 1 is 0.962 bits per heavy atom. The standard InChI is InChI=1S/C18H21NO6S/c1-4-23-16-10-11-17(24-5-2)18(12-16)26(21,22)25-15-8-6-14(7-9-15)19-13(3)20/h6-12H,4-5H2,1-3H3,(H,19,20). The molecule has 0 radical (unpaired) electrons. The van der Waals surface area contributed by atoms with Crippen molar-refractivity contribution in [1.82, 2.24) is 0 Å². The number of benzene rings is 2. The van der Waals surface area contributed by atoms with Crippen LogP contribution in [0.1, 0.15) is 20.8 Å². The van der Waals surface area contributed by atoms with Gasteiger partial charge in [0.25, 0.3) is 0 Å². The third kappa shape index (κ3) is 5.13. The van der Waals surface area contributed by atoms with E-state index in [9.17, 15) is 13.2 Å². The number of hydrogen-bond donors (Lipinski definition) is 1. The number of rotatable bonds is 8. The van der Waals surface area contributed by atoms with E-state index in [-0.39, 0.29) is 22.3 Å². The predicted molar refractivity (Wildman–Crippen MR) is 97.3 cm³/mol. The highest BCUT2D eigenvalue weighted by Crippen LogP contribution is 2.31. The molecule has 1 N–H and O–H groups in total. The molecule has 2 rings (SSSR count). The summed E-state index contributed by atoms with van der Waals surface area (Å²) in [6, 6.07) is 10.5. The molecule has 0 aromatic heterocycles. The molecule has 0 saturated carbocycles. The van der Waals surface area contributed by atoms with Gasteiger partial charge in [0.2, 0.25) is 5.91 Å². The third-order valence-electron chi connectivity index (χ3n) is 3.18. The van der Waals surface area contributed by atoms with Crippen LogP contribution in [0.25, 0.3) is 0 Å². The summed E-state index contributed by atoms with van der Waals surface area (Å²) >= 11 is 0. The summed E-state index contributed by atoms with van der Waals surface area (Å²) in [6.07, 6.45) is 0. The molecule has 0 aliphatic carbocycles. The quantitative estimate of drug-likeness (QED) is 0.708. The van der Waals surface area contributed by atoms with Crippen LogP contribution >= 0.6 is 0 Å². The van der Waals surface area contributed by atoms with Crippen LogP contribution in [-0.4, -0.2) is 27.5 Å². The maximum absolute atomic E-state index is 12.7. The average molecular weight is 379 g/mol. The monoisotopic (exact) mass is 379 g/mol. The van der Waals surface area contributed by atoms with Gasteiger partial charge in [-0.2, -0.15) is 8.42 Å². The van der Waals surface area contributed by atoms with Crippen molar-refractivity contribution in [2.45, 2.75) is 25.7 Å². The Hall–Kier alpha value is -2.74. The van der Waals surface area contributed by atoms with Crippen molar-refractivity contribution >= 4 is 21.7 Å². The van der Waals surface area contributed by atoms with Crippen LogP contribution in [0.3, 0.4) is 0 Å². The first-order chi connectivity index (χ1) is 12.4. The number of anilines is 1. The molecular weight excluding hydrogens is 358 g/mol. The Balaban J connectivity index is 2.30. The zero-order valence-electron chi connectivity index (χ0n) is 14.8. The highest BCUT2D eigenvalue weighted by atomic mass is 32.2. The van der Waals surface area contributed by atoms with Crippen LogP contribution < -0.4 is 19.0 Å². The Labute approximate surface area is 153 Å². The molecule has 140 valence electrons. The normalized spacial score (nSPS) is 10.9. The predicted octanol–water partition coefficient (Wildman–Crippen LogP) is 3.21. The summed E-state index contributed by atoms with van der Waals surface area (Å²) in [5.74, 6) is 0.480. The summed E-state index contributed by atoms with van der Waals surface area (Å²) in [5.41, 5.74) is 0.538. The minimum absolute atomic E-state index is 0.114. The summed E-state index contributed by atoms with van der Waals surface area (Å²) in [7, 11) is -4.14. The van der Waals surface area contributed by atoms with Gasteiger partial charge in [0.1, 0.15) is 17.2 Å². The molecule has 0 heterocycles. The van der Waals surface area contributed by atoms with Gasteiger partial charge in [0.15, 0.2) is 4.90 Å². The molecule has 2 aromatic rings. The largest absolute Gasteiger partial charge is 0.494 e. The molecule has 7 nitrogen and oxygen atoms in total. The Morgan fingerprint density at radius 3 is 2.15 bits per heavy atom. The maximum atomic E-state index is 12.7. The van der Waals surface area contributed by atoms with E-state index in [0.717, 1.165) is 0 Å². The van der Waals surface area contributed by atoms with Crippen LogP contribution in [0.2, 0.25) is 0 Å². The Bertz CT molecular complexity index is 862. The van der Waals surface area contributed by atoms with E-state index in [1.54, 1.807) is 32.0 Å². The molecular formula is C18H21NO6S. The SMILES string of the molecule is CCOc1ccc(OCC)c(S(=O)(=O)Oc2ccc(NC(C)=O)cc2)c1. The van der Waals surface area contributed by atoms with Gasteiger partial charge in [-0.15, -0.1) is 0 Å². The number of carbonyl (C=O) groups excluding carboxylic acids is 1. The lowest BCUT2D eigenvalue weighted by atomic mass is 10.3. The lowest BCUT2D eigenvalue weighted by Gasteiger charge is -2.13. The van der Waals surface area contributed by atoms with Crippen molar-refractivity contribution < 1.29 is 26.9 Å². The second kappa shape index (κ2) is 8.57. The highest BCUT2D eigenvalue weighted by molar-refractivity contribution is 7.87. The highest BCUT2D eigenvalue weighted by Gasteiger charge is 2.23. The zero-order valence-corrected chi connectivity index (χ0v) is 15.6. The molecule has 0 fully saturated rings. The fourth-order valence-corrected chi connectivity index (χ4v) is 3.27. The molecule has 2 aromatic carbocycles.